The molecule has 46 heavy (non-hydrogen) atoms. The fraction of sp³-hybridized carbons (Fsp3) is 0. The van der Waals surface area contributed by atoms with Gasteiger partial charge in [-0.15, -0.1) is 0 Å². The highest BCUT2D eigenvalue weighted by Gasteiger charge is 2.23. The summed E-state index contributed by atoms with van der Waals surface area (Å²) in [6, 6.07) is 51.5. The molecule has 0 radical (unpaired) electrons. The molecule has 0 aliphatic rings. The van der Waals surface area contributed by atoms with Crippen LogP contribution in [0.15, 0.2) is 146 Å². The van der Waals surface area contributed by atoms with Crippen molar-refractivity contribution < 1.29 is 0 Å². The maximum Gasteiger partial charge on any atom is 0.238 e. The monoisotopic (exact) mass is 588 g/mol. The first-order valence-electron chi connectivity index (χ1n) is 15.1. The highest BCUT2D eigenvalue weighted by Crippen LogP contribution is 2.41. The minimum Gasteiger partial charge on any atom is -0.307 e. The molecule has 0 saturated carbocycles. The molecule has 0 atom stereocenters. The summed E-state index contributed by atoms with van der Waals surface area (Å²) in [5.74, 6) is 1.74. The van der Waals surface area contributed by atoms with Gasteiger partial charge in [-0.05, 0) is 36.4 Å². The maximum atomic E-state index is 9.81. The fourth-order valence-corrected chi connectivity index (χ4v) is 6.57. The summed E-state index contributed by atoms with van der Waals surface area (Å²) in [5, 5.41) is 14.1. The fourth-order valence-electron chi connectivity index (χ4n) is 6.57. The Morgan fingerprint density at radius 2 is 1.00 bits per heavy atom. The van der Waals surface area contributed by atoms with Crippen LogP contribution < -0.4 is 0 Å². The Bertz CT molecular complexity index is 2570. The van der Waals surface area contributed by atoms with E-state index < -0.39 is 0 Å². The Kier molecular flexibility index (Phi) is 5.77. The number of fused-ring (bicyclic) bond motifs is 7. The quantitative estimate of drug-likeness (QED) is 0.205. The molecular weight excluding hydrogens is 564 g/mol. The third-order valence-electron chi connectivity index (χ3n) is 8.59. The lowest BCUT2D eigenvalue weighted by Gasteiger charge is -2.13. The minimum absolute atomic E-state index is 0.536. The van der Waals surface area contributed by atoms with Gasteiger partial charge in [0, 0.05) is 38.4 Å². The van der Waals surface area contributed by atoms with Crippen LogP contribution in [-0.2, 0) is 0 Å². The Morgan fingerprint density at radius 3 is 1.65 bits per heavy atom. The topological polar surface area (TPSA) is 72.3 Å². The molecule has 214 valence electrons. The first kappa shape index (κ1) is 25.9. The highest BCUT2D eigenvalue weighted by atomic mass is 15.2. The number of benzene rings is 6. The molecule has 3 aromatic heterocycles. The average molecular weight is 589 g/mol. The van der Waals surface area contributed by atoms with Crippen molar-refractivity contribution >= 4 is 43.6 Å². The van der Waals surface area contributed by atoms with Crippen molar-refractivity contribution in [3.05, 3.63) is 151 Å². The molecule has 0 bridgehead atoms. The molecule has 9 rings (SSSR count). The number of rotatable bonds is 4. The van der Waals surface area contributed by atoms with Gasteiger partial charge in [-0.3, -0.25) is 4.57 Å². The van der Waals surface area contributed by atoms with Gasteiger partial charge in [-0.1, -0.05) is 109 Å². The normalized spacial score (nSPS) is 11.5. The lowest BCUT2D eigenvalue weighted by atomic mass is 10.1. The van der Waals surface area contributed by atoms with E-state index in [1.54, 1.807) is 0 Å². The molecule has 6 heteroatoms. The third-order valence-corrected chi connectivity index (χ3v) is 8.59. The number of aromatic nitrogens is 5. The second-order valence-electron chi connectivity index (χ2n) is 11.2. The zero-order valence-corrected chi connectivity index (χ0v) is 24.5. The van der Waals surface area contributed by atoms with Crippen LogP contribution in [-0.4, -0.2) is 24.1 Å². The molecule has 0 fully saturated rings. The molecule has 6 nitrogen and oxygen atoms in total. The second-order valence-corrected chi connectivity index (χ2v) is 11.2. The van der Waals surface area contributed by atoms with Crippen molar-refractivity contribution in [2.45, 2.75) is 0 Å². The predicted molar refractivity (Wildman–Crippen MR) is 184 cm³/mol. The highest BCUT2D eigenvalue weighted by molar-refractivity contribution is 6.23. The van der Waals surface area contributed by atoms with Crippen LogP contribution in [0, 0.1) is 11.3 Å². The standard InChI is InChI=1S/C40H24N6/c41-25-26-20-23-35-33(24-26)32-22-21-31-30-18-10-11-19-34(30)46(37(31)36(32)45(35)29-16-8-3-9-17-29)40-43-38(27-12-4-1-5-13-27)42-39(44-40)28-14-6-2-7-15-28/h1-24H. The van der Waals surface area contributed by atoms with Crippen LogP contribution in [0.3, 0.4) is 0 Å². The van der Waals surface area contributed by atoms with E-state index in [0.717, 1.165) is 60.4 Å². The van der Waals surface area contributed by atoms with Crippen molar-refractivity contribution in [1.29, 1.82) is 5.26 Å². The third kappa shape index (κ3) is 3.93. The van der Waals surface area contributed by atoms with Crippen LogP contribution in [0.4, 0.5) is 0 Å². The largest absolute Gasteiger partial charge is 0.307 e. The Morgan fingerprint density at radius 1 is 0.457 bits per heavy atom. The summed E-state index contributed by atoms with van der Waals surface area (Å²) >= 11 is 0. The average Bonchev–Trinajstić information content (AvgIpc) is 3.65. The lowest BCUT2D eigenvalue weighted by molar-refractivity contribution is 0.953. The number of hydrogen-bond acceptors (Lipinski definition) is 4. The van der Waals surface area contributed by atoms with E-state index in [9.17, 15) is 5.26 Å². The molecule has 3 heterocycles. The molecule has 0 aliphatic carbocycles. The van der Waals surface area contributed by atoms with E-state index in [-0.39, 0.29) is 0 Å². The van der Waals surface area contributed by atoms with Crippen LogP contribution >= 0.6 is 0 Å². The van der Waals surface area contributed by atoms with Crippen molar-refractivity contribution in [1.82, 2.24) is 24.1 Å². The van der Waals surface area contributed by atoms with Gasteiger partial charge >= 0.3 is 0 Å². The molecule has 0 aliphatic heterocycles. The minimum atomic E-state index is 0.536. The van der Waals surface area contributed by atoms with Gasteiger partial charge in [0.2, 0.25) is 5.95 Å². The zero-order chi connectivity index (χ0) is 30.6. The van der Waals surface area contributed by atoms with Gasteiger partial charge in [0.1, 0.15) is 0 Å². The van der Waals surface area contributed by atoms with Crippen LogP contribution in [0.25, 0.3) is 78.0 Å². The van der Waals surface area contributed by atoms with E-state index in [0.29, 0.717) is 23.2 Å². The number of nitriles is 1. The van der Waals surface area contributed by atoms with E-state index >= 15 is 0 Å². The molecule has 0 saturated heterocycles. The molecule has 0 spiro atoms. The van der Waals surface area contributed by atoms with Crippen molar-refractivity contribution in [3.63, 3.8) is 0 Å². The van der Waals surface area contributed by atoms with Gasteiger partial charge in [0.15, 0.2) is 11.6 Å². The predicted octanol–water partition coefficient (Wildman–Crippen LogP) is 9.27. The first-order valence-corrected chi connectivity index (χ1v) is 15.1. The smallest absolute Gasteiger partial charge is 0.238 e. The molecular formula is C40H24N6. The van der Waals surface area contributed by atoms with Crippen LogP contribution in [0.1, 0.15) is 5.56 Å². The summed E-state index contributed by atoms with van der Waals surface area (Å²) in [7, 11) is 0. The van der Waals surface area contributed by atoms with Crippen molar-refractivity contribution in [3.8, 4) is 40.5 Å². The molecule has 0 N–H and O–H groups in total. The Labute approximate surface area is 264 Å². The van der Waals surface area contributed by atoms with Gasteiger partial charge in [-0.25, -0.2) is 4.98 Å². The van der Waals surface area contributed by atoms with E-state index in [1.165, 1.54) is 0 Å². The second kappa shape index (κ2) is 10.3. The van der Waals surface area contributed by atoms with Crippen molar-refractivity contribution in [2.24, 2.45) is 0 Å². The van der Waals surface area contributed by atoms with Crippen molar-refractivity contribution in [2.75, 3.05) is 0 Å². The molecule has 0 unspecified atom stereocenters. The van der Waals surface area contributed by atoms with Gasteiger partial charge in [0.25, 0.3) is 0 Å². The Hall–Kier alpha value is -6.58. The SMILES string of the molecule is N#Cc1ccc2c(c1)c1ccc3c4ccccc4n(-c4nc(-c5ccccc5)nc(-c5ccccc5)n4)c3c1n2-c1ccccc1. The number of para-hydroxylation sites is 2. The van der Waals surface area contributed by atoms with Gasteiger partial charge in [-0.2, -0.15) is 15.2 Å². The van der Waals surface area contributed by atoms with E-state index in [2.05, 4.69) is 75.9 Å². The summed E-state index contributed by atoms with van der Waals surface area (Å²) in [5.41, 5.74) is 7.51. The van der Waals surface area contributed by atoms with Crippen LogP contribution in [0.5, 0.6) is 0 Å². The summed E-state index contributed by atoms with van der Waals surface area (Å²) in [6.07, 6.45) is 0. The molecule has 9 aromatic rings. The zero-order valence-electron chi connectivity index (χ0n) is 24.5. The number of hydrogen-bond donors (Lipinski definition) is 0. The lowest BCUT2D eigenvalue weighted by Crippen LogP contribution is -2.07. The Balaban J connectivity index is 1.48. The number of nitrogens with zero attached hydrogens (tertiary/aromatic N) is 6. The molecule has 0 amide bonds. The molecule has 6 aromatic carbocycles. The van der Waals surface area contributed by atoms with E-state index in [1.807, 2.05) is 84.9 Å². The van der Waals surface area contributed by atoms with Gasteiger partial charge < -0.3 is 4.57 Å². The van der Waals surface area contributed by atoms with E-state index in [4.69, 9.17) is 15.0 Å². The summed E-state index contributed by atoms with van der Waals surface area (Å²) < 4.78 is 4.47. The maximum absolute atomic E-state index is 9.81. The summed E-state index contributed by atoms with van der Waals surface area (Å²) in [6.45, 7) is 0. The summed E-state index contributed by atoms with van der Waals surface area (Å²) in [4.78, 5) is 15.3. The van der Waals surface area contributed by atoms with Gasteiger partial charge in [0.05, 0.1) is 33.7 Å². The first-order chi connectivity index (χ1) is 22.8. The van der Waals surface area contributed by atoms with Crippen LogP contribution in [0.2, 0.25) is 0 Å².